The standard InChI is InChI=1S/C17H18N4O2.2C16H14BrN3O2.C11H8BrN3O.C7H3BrFN.C7H6BrN3.C6H10O3.C5H7ClO.C4H8O.H4N2/c1-10-15-14(22)8-17(2,3)23-16(15)21(20-10)12-6-5-11(9-18)13(7-12)19-4;1-9-14-13(21)7-16(2,3)22-15(14)20(19-9)11-5-4-10(8-18)12(17)6-11;1-9(2)6-14(21)15-10(3)19-20(16(15)22)12-5-4-11(8-18)13(17)7-12;1-7-4-11(16)15(14-7)9-3-2-8(6-13)10(12)5-9;8-7-3-6(9)2-1-5(7)4-10;8-7-3-6(11-10)2-1-5(7)4-9;1-3-9-6(8)4-5(2)7;1-4(2)3-5(6)7;1-2-4-5-3-1;1-2/h5-7,19H,8H2,1-4H3;4-6H,7H2,1-3H3;4-7,19H,1-3H3;2-5,14H,1H3;1-3H;1-3,11H,10H2;3-4H2,1-2H3;3H,1-2H3;1-4H2;1-2H2. The number of ketones is 4. The number of hydrogen-bond acceptors (Lipinski definition) is 25. The van der Waals surface area contributed by atoms with Gasteiger partial charge in [0.15, 0.2) is 17.3 Å². The van der Waals surface area contributed by atoms with Crippen molar-refractivity contribution in [2.45, 2.75) is 140 Å². The summed E-state index contributed by atoms with van der Waals surface area (Å²) in [6, 6.07) is 43.6. The van der Waals surface area contributed by atoms with E-state index in [9.17, 15) is 42.7 Å². The van der Waals surface area contributed by atoms with Crippen molar-refractivity contribution in [2.24, 2.45) is 17.5 Å². The highest BCUT2D eigenvalue weighted by Gasteiger charge is 2.39. The van der Waals surface area contributed by atoms with Crippen molar-refractivity contribution in [1.82, 2.24) is 39.1 Å². The van der Waals surface area contributed by atoms with Crippen LogP contribution in [0.25, 0.3) is 22.7 Å². The zero-order valence-corrected chi connectivity index (χ0v) is 80.6. The van der Waals surface area contributed by atoms with Gasteiger partial charge in [0.2, 0.25) is 17.0 Å². The van der Waals surface area contributed by atoms with Gasteiger partial charge in [-0.15, -0.1) is 0 Å². The van der Waals surface area contributed by atoms with Gasteiger partial charge in [0.1, 0.15) is 82.3 Å². The molecule has 10 N–H and O–H groups in total. The number of benzene rings is 6. The number of rotatable bonds is 12. The van der Waals surface area contributed by atoms with E-state index < -0.39 is 28.0 Å². The third kappa shape index (κ3) is 32.2. The number of hydrazine groups is 2. The fraction of sp³-hybridized carbons (Fsp3) is 0.281. The summed E-state index contributed by atoms with van der Waals surface area (Å²) < 4.78 is 43.0. The summed E-state index contributed by atoms with van der Waals surface area (Å²) in [4.78, 5) is 91.5. The van der Waals surface area contributed by atoms with Crippen LogP contribution in [0.5, 0.6) is 11.8 Å². The third-order valence-electron chi connectivity index (χ3n) is 17.0. The molecule has 4 aromatic heterocycles. The summed E-state index contributed by atoms with van der Waals surface area (Å²) in [6.45, 7) is 27.3. The van der Waals surface area contributed by atoms with Crippen LogP contribution in [0.15, 0.2) is 171 Å². The van der Waals surface area contributed by atoms with E-state index in [1.807, 2.05) is 78.8 Å². The molecule has 0 bridgehead atoms. The van der Waals surface area contributed by atoms with Crippen molar-refractivity contribution in [1.29, 1.82) is 31.6 Å². The Morgan fingerprint density at radius 3 is 1.33 bits per heavy atom. The number of esters is 1. The lowest BCUT2D eigenvalue weighted by molar-refractivity contribution is -0.145. The molecule has 1 fully saturated rings. The highest BCUT2D eigenvalue weighted by Crippen LogP contribution is 2.39. The third-order valence-corrected chi connectivity index (χ3v) is 20.3. The number of fused-ring (bicyclic) bond motifs is 2. The molecule has 10 aromatic rings. The zero-order valence-electron chi connectivity index (χ0n) is 71.9. The number of anilines is 2. The number of nitriles is 6. The number of hydrogen-bond donors (Lipinski definition) is 7. The van der Waals surface area contributed by atoms with Crippen molar-refractivity contribution >= 4 is 137 Å². The van der Waals surface area contributed by atoms with Gasteiger partial charge in [-0.1, -0.05) is 11.1 Å². The number of carbonyl (C=O) groups excluding carboxylic acids is 6. The molecule has 31 nitrogen and oxygen atoms in total. The fourth-order valence-corrected chi connectivity index (χ4v) is 13.9. The van der Waals surface area contributed by atoms with Crippen LogP contribution in [-0.2, 0) is 23.9 Å². The van der Waals surface area contributed by atoms with Crippen molar-refractivity contribution in [3.05, 3.63) is 260 Å². The minimum absolute atomic E-state index is 0.0440. The van der Waals surface area contributed by atoms with Gasteiger partial charge in [0, 0.05) is 65.8 Å². The molecule has 0 aliphatic carbocycles. The van der Waals surface area contributed by atoms with Crippen LogP contribution in [0, 0.1) is 101 Å². The predicted octanol–water partition coefficient (Wildman–Crippen LogP) is 17.7. The molecule has 3 aliphatic rings. The molecular formula is C89H92Br5ClFN19O12. The highest BCUT2D eigenvalue weighted by atomic mass is 79.9. The van der Waals surface area contributed by atoms with Crippen LogP contribution in [0.3, 0.4) is 0 Å². The Kier molecular flexibility index (Phi) is 43.2. The second-order valence-electron chi connectivity index (χ2n) is 28.9. The van der Waals surface area contributed by atoms with Gasteiger partial charge in [0.25, 0.3) is 11.1 Å². The molecule has 0 radical (unpaired) electrons. The minimum atomic E-state index is -0.563. The first-order valence-electron chi connectivity index (χ1n) is 38.1. The molecule has 0 saturated carbocycles. The maximum Gasteiger partial charge on any atom is 0.313 e. The first-order chi connectivity index (χ1) is 59.9. The van der Waals surface area contributed by atoms with E-state index in [0.29, 0.717) is 128 Å². The first kappa shape index (κ1) is 107. The van der Waals surface area contributed by atoms with Gasteiger partial charge in [-0.25, -0.2) is 23.1 Å². The van der Waals surface area contributed by atoms with E-state index in [-0.39, 0.29) is 46.5 Å². The van der Waals surface area contributed by atoms with Gasteiger partial charge < -0.3 is 29.7 Å². The second-order valence-corrected chi connectivity index (χ2v) is 33.5. The molecule has 7 heterocycles. The Morgan fingerprint density at radius 2 is 0.976 bits per heavy atom. The van der Waals surface area contributed by atoms with Crippen molar-refractivity contribution in [2.75, 3.05) is 37.6 Å². The molecular weight excluding hydrogens is 1980 g/mol. The Labute approximate surface area is 780 Å². The van der Waals surface area contributed by atoms with Crippen LogP contribution in [0.1, 0.15) is 189 Å². The van der Waals surface area contributed by atoms with Gasteiger partial charge in [0.05, 0.1) is 92.7 Å². The number of aryl methyl sites for hydroxylation is 4. The fourth-order valence-electron chi connectivity index (χ4n) is 11.4. The monoisotopic (exact) mass is 2070 g/mol. The van der Waals surface area contributed by atoms with Crippen molar-refractivity contribution < 1.29 is 52.1 Å². The maximum atomic E-state index is 12.5. The molecule has 1 saturated heterocycles. The average Bonchev–Trinajstić information content (AvgIpc) is 1.62. The summed E-state index contributed by atoms with van der Waals surface area (Å²) in [5.74, 6) is 12.9. The smallest absolute Gasteiger partial charge is 0.313 e. The Hall–Kier alpha value is -12.3. The number of nitrogen functional groups attached to an aromatic ring is 1. The summed E-state index contributed by atoms with van der Waals surface area (Å²) in [6.07, 6.45) is 5.94. The van der Waals surface area contributed by atoms with E-state index in [1.165, 1.54) is 65.5 Å². The number of aromatic nitrogens is 8. The SMILES string of the molecule is C1CCOC1.CC(C)=CC(=O)Cl.CC(C)=CC(=O)c1c(C)[nH]n(-c2ccc(C#N)c(Br)c2)c1=O.CCOC(=O)CC(C)=O.CNc1cc(-n2nc(C)c3c2OC(C)(C)CC3=O)ccc1C#N.Cc1cc(=O)n(-c2ccc(C#N)c(Br)c2)[nH]1.Cc1nn(-c2ccc(C#N)c(Br)c2)c2c1C(=O)CC(C)(C)O2.N#Cc1ccc(F)cc1Br.N#Cc1ccc(NN)cc1Br.NN. The number of nitrogens with one attached hydrogen (secondary N) is 4. The normalized spacial score (nSPS) is 12.1. The topological polar surface area (TPSA) is 495 Å². The number of Topliss-reactive ketones (excluding diaryl/α,β-unsaturated/α-hetero) is 3. The number of carbonyl (C=O) groups is 6. The largest absolute Gasteiger partial charge is 0.471 e. The van der Waals surface area contributed by atoms with Gasteiger partial charge in [-0.3, -0.25) is 66.1 Å². The maximum absolute atomic E-state index is 12.5. The highest BCUT2D eigenvalue weighted by molar-refractivity contribution is 9.11. The lowest BCUT2D eigenvalue weighted by Gasteiger charge is -2.30. The number of nitrogens with zero attached hydrogens (tertiary/aromatic N) is 12. The van der Waals surface area contributed by atoms with Gasteiger partial charge in [-0.05, 0) is 322 Å². The number of nitrogens with two attached hydrogens (primary N) is 3. The molecule has 127 heavy (non-hydrogen) atoms. The zero-order chi connectivity index (χ0) is 95.5. The molecule has 0 spiro atoms. The Bertz CT molecular complexity index is 6140. The average molecular weight is 2070 g/mol. The Morgan fingerprint density at radius 1 is 0.575 bits per heavy atom. The molecule has 3 aliphatic heterocycles. The molecule has 664 valence electrons. The number of halogens is 7. The van der Waals surface area contributed by atoms with Gasteiger partial charge >= 0.3 is 5.97 Å². The summed E-state index contributed by atoms with van der Waals surface area (Å²) >= 11 is 21.2. The number of H-pyrrole nitrogens is 2. The number of ether oxygens (including phenoxy) is 4. The predicted molar refractivity (Wildman–Crippen MR) is 498 cm³/mol. The molecule has 13 rings (SSSR count). The van der Waals surface area contributed by atoms with Crippen molar-refractivity contribution in [3.8, 4) is 70.9 Å². The van der Waals surface area contributed by atoms with Crippen LogP contribution in [-0.4, -0.2) is 112 Å². The molecule has 0 amide bonds. The van der Waals surface area contributed by atoms with Gasteiger partial charge in [-0.2, -0.15) is 41.8 Å². The van der Waals surface area contributed by atoms with E-state index in [0.717, 1.165) is 51.6 Å². The first-order valence-corrected chi connectivity index (χ1v) is 42.5. The molecule has 6 aromatic carbocycles. The van der Waals surface area contributed by atoms with Crippen LogP contribution in [0.4, 0.5) is 15.8 Å². The number of allylic oxidation sites excluding steroid dienone is 4. The lowest BCUT2D eigenvalue weighted by atomic mass is 9.94. The quantitative estimate of drug-likeness (QED) is 0.0114. The van der Waals surface area contributed by atoms with E-state index in [2.05, 4.69) is 139 Å². The van der Waals surface area contributed by atoms with E-state index >= 15 is 0 Å². The summed E-state index contributed by atoms with van der Waals surface area (Å²) in [7, 11) is 1.76. The minimum Gasteiger partial charge on any atom is -0.471 e. The Balaban J connectivity index is 0.000000309. The summed E-state index contributed by atoms with van der Waals surface area (Å²) in [5.41, 5.74) is 13.8. The van der Waals surface area contributed by atoms with Crippen molar-refractivity contribution in [3.63, 3.8) is 0 Å². The molecule has 0 atom stereocenters. The lowest BCUT2D eigenvalue weighted by Crippen LogP contribution is -2.36. The molecule has 38 heteroatoms. The van der Waals surface area contributed by atoms with E-state index in [4.69, 9.17) is 63.2 Å². The van der Waals surface area contributed by atoms with Crippen LogP contribution >= 0.6 is 91.3 Å². The van der Waals surface area contributed by atoms with E-state index in [1.54, 1.807) is 143 Å². The summed E-state index contributed by atoms with van der Waals surface area (Å²) in [5, 5.41) is 70.1. The second kappa shape index (κ2) is 51.3. The van der Waals surface area contributed by atoms with Crippen LogP contribution < -0.4 is 48.9 Å². The molecule has 0 unspecified atom stereocenters. The van der Waals surface area contributed by atoms with Crippen LogP contribution in [0.2, 0.25) is 0 Å². The number of aromatic amines is 2.